The van der Waals surface area contributed by atoms with E-state index in [1.54, 1.807) is 6.08 Å². The van der Waals surface area contributed by atoms with Crippen molar-refractivity contribution in [3.8, 4) is 0 Å². The molecule has 0 bridgehead atoms. The normalized spacial score (nSPS) is 20.4. The van der Waals surface area contributed by atoms with Crippen LogP contribution < -0.4 is 0 Å². The van der Waals surface area contributed by atoms with Gasteiger partial charge in [-0.15, -0.1) is 0 Å². The molecule has 0 saturated heterocycles. The quantitative estimate of drug-likeness (QED) is 0.522. The minimum absolute atomic E-state index is 0.994. The molecule has 0 radical (unpaired) electrons. The molecule has 0 heteroatoms. The molecule has 1 rings (SSSR count). The van der Waals surface area contributed by atoms with Crippen molar-refractivity contribution in [2.45, 2.75) is 6.42 Å². The monoisotopic (exact) mass is 144 g/mol. The van der Waals surface area contributed by atoms with Crippen molar-refractivity contribution in [3.05, 3.63) is 60.8 Å². The highest BCUT2D eigenvalue weighted by molar-refractivity contribution is 5.46. The first-order chi connectivity index (χ1) is 5.34. The Morgan fingerprint density at radius 3 is 2.73 bits per heavy atom. The SMILES string of the molecule is C=C/C=C\C=C1\C=CCC1=C. The predicted molar refractivity (Wildman–Crippen MR) is 50.3 cm³/mol. The Morgan fingerprint density at radius 1 is 1.36 bits per heavy atom. The number of rotatable bonds is 2. The Labute approximate surface area is 67.9 Å². The van der Waals surface area contributed by atoms with E-state index in [0.29, 0.717) is 0 Å². The Kier molecular flexibility index (Phi) is 2.67. The molecule has 0 aliphatic heterocycles. The summed E-state index contributed by atoms with van der Waals surface area (Å²) in [7, 11) is 0. The fraction of sp³-hybridized carbons (Fsp3) is 0.0909. The maximum absolute atomic E-state index is 3.92. The highest BCUT2D eigenvalue weighted by Crippen LogP contribution is 2.20. The highest BCUT2D eigenvalue weighted by Gasteiger charge is 2.01. The number of hydrogen-bond acceptors (Lipinski definition) is 0. The van der Waals surface area contributed by atoms with Gasteiger partial charge in [0, 0.05) is 0 Å². The molecule has 0 heterocycles. The average molecular weight is 144 g/mol. The third-order valence-electron chi connectivity index (χ3n) is 1.59. The lowest BCUT2D eigenvalue weighted by molar-refractivity contribution is 1.34. The van der Waals surface area contributed by atoms with E-state index in [9.17, 15) is 0 Å². The van der Waals surface area contributed by atoms with Crippen molar-refractivity contribution in [1.82, 2.24) is 0 Å². The Bertz CT molecular complexity index is 249. The van der Waals surface area contributed by atoms with Gasteiger partial charge >= 0.3 is 0 Å². The van der Waals surface area contributed by atoms with Crippen molar-refractivity contribution >= 4 is 0 Å². The summed E-state index contributed by atoms with van der Waals surface area (Å²) in [5.41, 5.74) is 2.42. The lowest BCUT2D eigenvalue weighted by Crippen LogP contribution is -1.73. The van der Waals surface area contributed by atoms with E-state index < -0.39 is 0 Å². The summed E-state index contributed by atoms with van der Waals surface area (Å²) in [6.07, 6.45) is 12.9. The topological polar surface area (TPSA) is 0 Å². The molecular weight excluding hydrogens is 132 g/mol. The summed E-state index contributed by atoms with van der Waals surface area (Å²) in [5, 5.41) is 0. The zero-order valence-electron chi connectivity index (χ0n) is 6.59. The van der Waals surface area contributed by atoms with Crippen molar-refractivity contribution in [3.63, 3.8) is 0 Å². The van der Waals surface area contributed by atoms with Gasteiger partial charge in [-0.3, -0.25) is 0 Å². The second-order valence-corrected chi connectivity index (χ2v) is 2.45. The maximum atomic E-state index is 3.92. The second-order valence-electron chi connectivity index (χ2n) is 2.45. The minimum Gasteiger partial charge on any atom is -0.0991 e. The first-order valence-corrected chi connectivity index (χ1v) is 3.68. The van der Waals surface area contributed by atoms with Crippen molar-refractivity contribution in [1.29, 1.82) is 0 Å². The third-order valence-corrected chi connectivity index (χ3v) is 1.59. The van der Waals surface area contributed by atoms with Gasteiger partial charge < -0.3 is 0 Å². The van der Waals surface area contributed by atoms with Gasteiger partial charge in [0.1, 0.15) is 0 Å². The molecule has 0 saturated carbocycles. The zero-order chi connectivity index (χ0) is 8.10. The van der Waals surface area contributed by atoms with Crippen LogP contribution >= 0.6 is 0 Å². The molecule has 0 atom stereocenters. The van der Waals surface area contributed by atoms with Gasteiger partial charge in [-0.1, -0.05) is 49.6 Å². The summed E-state index contributed by atoms with van der Waals surface area (Å²) in [6, 6.07) is 0. The van der Waals surface area contributed by atoms with Crippen LogP contribution in [0.4, 0.5) is 0 Å². The lowest BCUT2D eigenvalue weighted by Gasteiger charge is -1.92. The highest BCUT2D eigenvalue weighted by atomic mass is 14.1. The molecular formula is C11H12. The predicted octanol–water partition coefficient (Wildman–Crippen LogP) is 3.17. The molecule has 0 aromatic rings. The van der Waals surface area contributed by atoms with Crippen LogP contribution in [0.1, 0.15) is 6.42 Å². The second kappa shape index (κ2) is 3.77. The van der Waals surface area contributed by atoms with E-state index in [0.717, 1.165) is 6.42 Å². The molecule has 0 unspecified atom stereocenters. The zero-order valence-corrected chi connectivity index (χ0v) is 6.59. The Morgan fingerprint density at radius 2 is 2.18 bits per heavy atom. The first-order valence-electron chi connectivity index (χ1n) is 3.68. The standard InChI is InChI=1S/C11H12/c1-3-4-5-8-11-9-6-7-10(11)2/h3-6,8-9H,1-2,7H2/b5-4-,11-8-. The van der Waals surface area contributed by atoms with E-state index in [-0.39, 0.29) is 0 Å². The summed E-state index contributed by atoms with van der Waals surface area (Å²) >= 11 is 0. The fourth-order valence-corrected chi connectivity index (χ4v) is 0.975. The molecule has 0 N–H and O–H groups in total. The lowest BCUT2D eigenvalue weighted by atomic mass is 10.1. The molecule has 1 aliphatic rings. The summed E-state index contributed by atoms with van der Waals surface area (Å²) in [5.74, 6) is 0. The van der Waals surface area contributed by atoms with Gasteiger partial charge in [0.15, 0.2) is 0 Å². The molecule has 0 nitrogen and oxygen atoms in total. The fourth-order valence-electron chi connectivity index (χ4n) is 0.975. The van der Waals surface area contributed by atoms with E-state index >= 15 is 0 Å². The van der Waals surface area contributed by atoms with Crippen LogP contribution in [0.2, 0.25) is 0 Å². The van der Waals surface area contributed by atoms with Crippen LogP contribution in [0, 0.1) is 0 Å². The molecule has 0 aromatic heterocycles. The van der Waals surface area contributed by atoms with Crippen molar-refractivity contribution < 1.29 is 0 Å². The van der Waals surface area contributed by atoms with Crippen LogP contribution in [-0.4, -0.2) is 0 Å². The van der Waals surface area contributed by atoms with Crippen molar-refractivity contribution in [2.24, 2.45) is 0 Å². The van der Waals surface area contributed by atoms with Gasteiger partial charge in [0.2, 0.25) is 0 Å². The number of hydrogen-bond donors (Lipinski definition) is 0. The molecule has 56 valence electrons. The number of allylic oxidation sites excluding steroid dienone is 8. The molecule has 0 fully saturated rings. The summed E-state index contributed by atoms with van der Waals surface area (Å²) < 4.78 is 0. The van der Waals surface area contributed by atoms with E-state index in [1.165, 1.54) is 11.1 Å². The molecule has 11 heavy (non-hydrogen) atoms. The van der Waals surface area contributed by atoms with Crippen molar-refractivity contribution in [2.75, 3.05) is 0 Å². The largest absolute Gasteiger partial charge is 0.0991 e. The first kappa shape index (κ1) is 7.80. The van der Waals surface area contributed by atoms with Gasteiger partial charge in [0.25, 0.3) is 0 Å². The van der Waals surface area contributed by atoms with Gasteiger partial charge in [-0.05, 0) is 17.6 Å². The molecule has 0 aromatic carbocycles. The van der Waals surface area contributed by atoms with Crippen LogP contribution in [-0.2, 0) is 0 Å². The van der Waals surface area contributed by atoms with E-state index in [4.69, 9.17) is 0 Å². The van der Waals surface area contributed by atoms with Gasteiger partial charge in [-0.2, -0.15) is 0 Å². The average Bonchev–Trinajstić information content (AvgIpc) is 2.37. The minimum atomic E-state index is 0.994. The molecule has 1 aliphatic carbocycles. The summed E-state index contributed by atoms with van der Waals surface area (Å²) in [6.45, 7) is 7.51. The van der Waals surface area contributed by atoms with Gasteiger partial charge in [-0.25, -0.2) is 0 Å². The smallest absolute Gasteiger partial charge is 0.00941 e. The van der Waals surface area contributed by atoms with E-state index in [2.05, 4.69) is 25.3 Å². The maximum Gasteiger partial charge on any atom is -0.00941 e. The van der Waals surface area contributed by atoms with Gasteiger partial charge in [0.05, 0.1) is 0 Å². The third kappa shape index (κ3) is 2.08. The van der Waals surface area contributed by atoms with E-state index in [1.807, 2.05) is 18.2 Å². The van der Waals surface area contributed by atoms with Crippen LogP contribution in [0.3, 0.4) is 0 Å². The molecule has 0 spiro atoms. The summed E-state index contributed by atoms with van der Waals surface area (Å²) in [4.78, 5) is 0. The Balaban J connectivity index is 2.65. The van der Waals surface area contributed by atoms with Crippen LogP contribution in [0.5, 0.6) is 0 Å². The Hall–Kier alpha value is -1.30. The van der Waals surface area contributed by atoms with Crippen LogP contribution in [0.25, 0.3) is 0 Å². The molecule has 0 amide bonds. The van der Waals surface area contributed by atoms with Crippen LogP contribution in [0.15, 0.2) is 60.8 Å².